The first-order valence-corrected chi connectivity index (χ1v) is 15.5. The number of carbonyl (C=O) groups excluding carboxylic acids is 4. The van der Waals surface area contributed by atoms with Crippen LogP contribution in [-0.2, 0) is 19.2 Å². The molecule has 7 unspecified atom stereocenters. The number of amides is 3. The highest BCUT2D eigenvalue weighted by molar-refractivity contribution is 6.33. The third-order valence-electron chi connectivity index (χ3n) is 9.66. The zero-order valence-electron chi connectivity index (χ0n) is 25.6. The molecule has 0 bridgehead atoms. The summed E-state index contributed by atoms with van der Waals surface area (Å²) < 4.78 is 0. The molecule has 0 spiro atoms. The van der Waals surface area contributed by atoms with Gasteiger partial charge in [0.25, 0.3) is 11.8 Å². The lowest BCUT2D eigenvalue weighted by atomic mass is 9.55. The van der Waals surface area contributed by atoms with E-state index in [-0.39, 0.29) is 41.4 Å². The van der Waals surface area contributed by atoms with Crippen molar-refractivity contribution in [3.8, 4) is 0 Å². The average molecular weight is 575 g/mol. The standard InChI is InChI=1S/C35H46N2O5/c1-7-9-10-11-24(8-2)28-29(34(41)37-33(28)40)31(38)27-21(4)16-17-35(42)19-26(18-22(5)30(27)35)32(39)36-23(6)25-14-12-20(3)13-15-25/h8,12-17,21-24,26-27,30,42H,2,7,9-11,18-19H2,1,3-6H3,(H,36,39)(H,37,40,41)/t21?,22?,23-,24?,26?,27?,30?,35?/m0/s1. The molecule has 3 amide bonds. The van der Waals surface area contributed by atoms with Gasteiger partial charge in [-0.3, -0.25) is 24.5 Å². The molecule has 1 saturated carbocycles. The number of Topliss-reactive ketones (excluding diaryl/α,β-unsaturated/α-hetero) is 1. The summed E-state index contributed by atoms with van der Waals surface area (Å²) in [6.07, 6.45) is 9.39. The Morgan fingerprint density at radius 1 is 1.17 bits per heavy atom. The van der Waals surface area contributed by atoms with Gasteiger partial charge in [-0.15, -0.1) is 6.58 Å². The number of allylic oxidation sites excluding steroid dienone is 2. The highest BCUT2D eigenvalue weighted by atomic mass is 16.3. The minimum atomic E-state index is -1.39. The molecule has 3 N–H and O–H groups in total. The van der Waals surface area contributed by atoms with Crippen LogP contribution in [0.15, 0.2) is 60.2 Å². The molecule has 1 aromatic carbocycles. The second-order valence-electron chi connectivity index (χ2n) is 12.8. The maximum absolute atomic E-state index is 14.3. The molecule has 0 aromatic heterocycles. The number of imide groups is 1. The van der Waals surface area contributed by atoms with Crippen molar-refractivity contribution in [2.45, 2.75) is 84.8 Å². The van der Waals surface area contributed by atoms with Gasteiger partial charge in [0.1, 0.15) is 0 Å². The summed E-state index contributed by atoms with van der Waals surface area (Å²) in [4.78, 5) is 53.7. The highest BCUT2D eigenvalue weighted by Gasteiger charge is 2.56. The zero-order valence-corrected chi connectivity index (χ0v) is 25.6. The fourth-order valence-electron chi connectivity index (χ4n) is 7.41. The summed E-state index contributed by atoms with van der Waals surface area (Å²) in [6.45, 7) is 13.8. The monoisotopic (exact) mass is 574 g/mol. The average Bonchev–Trinajstić information content (AvgIpc) is 3.24. The number of benzene rings is 1. The van der Waals surface area contributed by atoms with Gasteiger partial charge in [-0.25, -0.2) is 0 Å². The molecule has 226 valence electrons. The van der Waals surface area contributed by atoms with Crippen molar-refractivity contribution < 1.29 is 24.3 Å². The summed E-state index contributed by atoms with van der Waals surface area (Å²) >= 11 is 0. The third-order valence-corrected chi connectivity index (χ3v) is 9.66. The molecule has 0 saturated heterocycles. The van der Waals surface area contributed by atoms with Gasteiger partial charge in [-0.2, -0.15) is 0 Å². The van der Waals surface area contributed by atoms with Crippen LogP contribution >= 0.6 is 0 Å². The Kier molecular flexibility index (Phi) is 9.71. The Labute approximate surface area is 249 Å². The smallest absolute Gasteiger partial charge is 0.262 e. The number of aryl methyl sites for hydroxylation is 1. The van der Waals surface area contributed by atoms with Gasteiger partial charge in [-0.05, 0) is 50.5 Å². The number of hydrogen-bond acceptors (Lipinski definition) is 5. The van der Waals surface area contributed by atoms with Gasteiger partial charge in [0.15, 0.2) is 5.78 Å². The van der Waals surface area contributed by atoms with Gasteiger partial charge in [0, 0.05) is 29.2 Å². The minimum Gasteiger partial charge on any atom is -0.385 e. The van der Waals surface area contributed by atoms with Crippen LogP contribution in [0.2, 0.25) is 0 Å². The van der Waals surface area contributed by atoms with E-state index in [1.54, 1.807) is 12.2 Å². The van der Waals surface area contributed by atoms with E-state index in [9.17, 15) is 24.3 Å². The quantitative estimate of drug-likeness (QED) is 0.144. The second kappa shape index (κ2) is 12.9. The van der Waals surface area contributed by atoms with Crippen molar-refractivity contribution >= 4 is 23.5 Å². The Morgan fingerprint density at radius 3 is 2.50 bits per heavy atom. The number of nitrogens with one attached hydrogen (secondary N) is 2. The number of aliphatic hydroxyl groups is 1. The molecule has 8 atom stereocenters. The van der Waals surface area contributed by atoms with Crippen LogP contribution in [-0.4, -0.2) is 34.2 Å². The summed E-state index contributed by atoms with van der Waals surface area (Å²) in [5, 5.41) is 17.5. The second-order valence-corrected chi connectivity index (χ2v) is 12.8. The Hall–Kier alpha value is -3.32. The van der Waals surface area contributed by atoms with Crippen LogP contribution in [0.4, 0.5) is 0 Å². The lowest BCUT2D eigenvalue weighted by Crippen LogP contribution is -2.56. The summed E-state index contributed by atoms with van der Waals surface area (Å²) in [5.74, 6) is -4.19. The van der Waals surface area contributed by atoms with E-state index in [1.165, 1.54) is 0 Å². The van der Waals surface area contributed by atoms with Gasteiger partial charge < -0.3 is 10.4 Å². The largest absolute Gasteiger partial charge is 0.385 e. The maximum Gasteiger partial charge on any atom is 0.262 e. The van der Waals surface area contributed by atoms with Gasteiger partial charge in [0.2, 0.25) is 5.91 Å². The molecule has 1 heterocycles. The number of fused-ring (bicyclic) bond motifs is 1. The van der Waals surface area contributed by atoms with E-state index in [0.717, 1.165) is 30.4 Å². The molecule has 7 heteroatoms. The van der Waals surface area contributed by atoms with Crippen molar-refractivity contribution in [3.05, 3.63) is 71.3 Å². The van der Waals surface area contributed by atoms with Crippen LogP contribution in [0.3, 0.4) is 0 Å². The molecule has 42 heavy (non-hydrogen) atoms. The molecule has 4 rings (SSSR count). The SMILES string of the molecule is C=CC(CCCCC)C1=C(C(=O)C2C(C)C=CC3(O)CC(C(=O)N[C@@H](C)c4ccc(C)cc4)CC(C)C23)C(=O)NC1=O. The lowest BCUT2D eigenvalue weighted by molar-refractivity contribution is -0.144. The molecule has 3 aliphatic rings. The Bertz CT molecular complexity index is 1290. The van der Waals surface area contributed by atoms with Crippen LogP contribution in [0, 0.1) is 42.4 Å². The summed E-state index contributed by atoms with van der Waals surface area (Å²) in [7, 11) is 0. The first-order valence-electron chi connectivity index (χ1n) is 15.5. The van der Waals surface area contributed by atoms with Crippen LogP contribution in [0.5, 0.6) is 0 Å². The number of unbranched alkanes of at least 4 members (excludes halogenated alkanes) is 2. The fraction of sp³-hybridized carbons (Fsp3) is 0.543. The molecule has 1 fully saturated rings. The van der Waals surface area contributed by atoms with Crippen molar-refractivity contribution in [3.63, 3.8) is 0 Å². The number of rotatable bonds is 11. The number of hydrogen-bond donors (Lipinski definition) is 3. The van der Waals surface area contributed by atoms with Crippen molar-refractivity contribution in [1.29, 1.82) is 0 Å². The van der Waals surface area contributed by atoms with Crippen molar-refractivity contribution in [2.24, 2.45) is 35.5 Å². The lowest BCUT2D eigenvalue weighted by Gasteiger charge is -2.51. The molecule has 0 radical (unpaired) electrons. The molecular weight excluding hydrogens is 528 g/mol. The highest BCUT2D eigenvalue weighted by Crippen LogP contribution is 2.51. The Morgan fingerprint density at radius 2 is 1.86 bits per heavy atom. The number of carbonyl (C=O) groups is 4. The minimum absolute atomic E-state index is 0.0881. The first kappa shape index (κ1) is 31.6. The third kappa shape index (κ3) is 6.22. The van der Waals surface area contributed by atoms with E-state index >= 15 is 0 Å². The van der Waals surface area contributed by atoms with Gasteiger partial charge >= 0.3 is 0 Å². The molecule has 7 nitrogen and oxygen atoms in total. The summed E-state index contributed by atoms with van der Waals surface area (Å²) in [5.41, 5.74) is 0.876. The number of ketones is 1. The van der Waals surface area contributed by atoms with E-state index in [2.05, 4.69) is 24.1 Å². The normalized spacial score (nSPS) is 30.4. The first-order chi connectivity index (χ1) is 19.9. The predicted molar refractivity (Wildman–Crippen MR) is 163 cm³/mol. The van der Waals surface area contributed by atoms with Crippen LogP contribution in [0.25, 0.3) is 0 Å². The van der Waals surface area contributed by atoms with E-state index in [0.29, 0.717) is 12.8 Å². The molecule has 1 aliphatic heterocycles. The zero-order chi connectivity index (χ0) is 30.8. The Balaban J connectivity index is 1.59. The van der Waals surface area contributed by atoms with E-state index in [4.69, 9.17) is 0 Å². The van der Waals surface area contributed by atoms with Crippen molar-refractivity contribution in [1.82, 2.24) is 10.6 Å². The van der Waals surface area contributed by atoms with Crippen LogP contribution in [0.1, 0.15) is 83.4 Å². The van der Waals surface area contributed by atoms with E-state index in [1.807, 2.05) is 58.0 Å². The molecule has 2 aliphatic carbocycles. The molecular formula is C35H46N2O5. The van der Waals surface area contributed by atoms with Crippen molar-refractivity contribution in [2.75, 3.05) is 0 Å². The molecule has 1 aromatic rings. The van der Waals surface area contributed by atoms with Crippen LogP contribution < -0.4 is 10.6 Å². The topological polar surface area (TPSA) is 113 Å². The van der Waals surface area contributed by atoms with E-state index < -0.39 is 46.9 Å². The maximum atomic E-state index is 14.3. The van der Waals surface area contributed by atoms with Gasteiger partial charge in [-0.1, -0.05) is 88.1 Å². The summed E-state index contributed by atoms with van der Waals surface area (Å²) in [6, 6.07) is 7.85. The van der Waals surface area contributed by atoms with Gasteiger partial charge in [0.05, 0.1) is 17.2 Å². The fourth-order valence-corrected chi connectivity index (χ4v) is 7.41. The predicted octanol–water partition coefficient (Wildman–Crippen LogP) is 5.29.